The molecular weight excluding hydrogens is 368 g/mol. The number of hydrogen-bond acceptors (Lipinski definition) is 5. The van der Waals surface area contributed by atoms with E-state index in [2.05, 4.69) is 36.5 Å². The normalized spacial score (nSPS) is 10.3. The Balaban J connectivity index is 1.78. The maximum absolute atomic E-state index is 5.23. The summed E-state index contributed by atoms with van der Waals surface area (Å²) in [5, 5.41) is 6.46. The van der Waals surface area contributed by atoms with Gasteiger partial charge in [-0.2, -0.15) is 4.98 Å². The molecule has 6 heteroatoms. The zero-order valence-corrected chi connectivity index (χ0v) is 15.0. The van der Waals surface area contributed by atoms with E-state index < -0.39 is 0 Å². The highest BCUT2D eigenvalue weighted by Crippen LogP contribution is 2.26. The van der Waals surface area contributed by atoms with Crippen molar-refractivity contribution < 1.29 is 4.74 Å². The lowest BCUT2D eigenvalue weighted by atomic mass is 10.2. The molecule has 5 nitrogen and oxygen atoms in total. The number of methoxy groups -OCH3 is 1. The molecule has 0 unspecified atom stereocenters. The molecule has 1 aromatic heterocycles. The van der Waals surface area contributed by atoms with Crippen LogP contribution in [0.5, 0.6) is 5.75 Å². The molecule has 24 heavy (non-hydrogen) atoms. The Morgan fingerprint density at radius 3 is 2.71 bits per heavy atom. The smallest absolute Gasteiger partial charge is 0.229 e. The molecule has 0 bridgehead atoms. The monoisotopic (exact) mass is 384 g/mol. The van der Waals surface area contributed by atoms with E-state index in [9.17, 15) is 0 Å². The van der Waals surface area contributed by atoms with Crippen molar-refractivity contribution in [3.63, 3.8) is 0 Å². The minimum Gasteiger partial charge on any atom is -0.497 e. The molecule has 122 valence electrons. The second-order valence-electron chi connectivity index (χ2n) is 5.23. The Hall–Kier alpha value is -2.60. The summed E-state index contributed by atoms with van der Waals surface area (Å²) < 4.78 is 6.20. The van der Waals surface area contributed by atoms with Gasteiger partial charge in [0.05, 0.1) is 12.8 Å². The van der Waals surface area contributed by atoms with Crippen LogP contribution in [0.4, 0.5) is 23.1 Å². The van der Waals surface area contributed by atoms with E-state index in [-0.39, 0.29) is 0 Å². The lowest BCUT2D eigenvalue weighted by molar-refractivity contribution is 0.415. The fraction of sp³-hybridized carbons (Fsp3) is 0.111. The molecule has 0 atom stereocenters. The Labute approximate surface area is 149 Å². The van der Waals surface area contributed by atoms with E-state index in [0.717, 1.165) is 21.6 Å². The van der Waals surface area contributed by atoms with Crippen molar-refractivity contribution in [2.75, 3.05) is 17.7 Å². The van der Waals surface area contributed by atoms with Crippen LogP contribution < -0.4 is 15.4 Å². The van der Waals surface area contributed by atoms with Crippen LogP contribution in [-0.2, 0) is 0 Å². The minimum atomic E-state index is 0.521. The van der Waals surface area contributed by atoms with Crippen molar-refractivity contribution in [1.82, 2.24) is 9.97 Å². The number of anilines is 4. The highest BCUT2D eigenvalue weighted by Gasteiger charge is 2.04. The van der Waals surface area contributed by atoms with Gasteiger partial charge in [-0.3, -0.25) is 0 Å². The number of hydrogen-bond donors (Lipinski definition) is 2. The molecule has 0 fully saturated rings. The van der Waals surface area contributed by atoms with Gasteiger partial charge in [0.25, 0.3) is 0 Å². The third kappa shape index (κ3) is 4.02. The van der Waals surface area contributed by atoms with E-state index in [4.69, 9.17) is 4.74 Å². The van der Waals surface area contributed by atoms with Crippen LogP contribution in [0, 0.1) is 6.92 Å². The lowest BCUT2D eigenvalue weighted by Crippen LogP contribution is -2.01. The first-order valence-corrected chi connectivity index (χ1v) is 8.20. The Morgan fingerprint density at radius 1 is 1.04 bits per heavy atom. The fourth-order valence-electron chi connectivity index (χ4n) is 2.18. The van der Waals surface area contributed by atoms with Gasteiger partial charge in [0.2, 0.25) is 5.95 Å². The summed E-state index contributed by atoms with van der Waals surface area (Å²) >= 11 is 3.55. The van der Waals surface area contributed by atoms with Gasteiger partial charge < -0.3 is 15.4 Å². The quantitative estimate of drug-likeness (QED) is 0.644. The van der Waals surface area contributed by atoms with Crippen LogP contribution in [0.2, 0.25) is 0 Å². The summed E-state index contributed by atoms with van der Waals surface area (Å²) in [5.41, 5.74) is 3.00. The van der Waals surface area contributed by atoms with Gasteiger partial charge in [-0.25, -0.2) is 4.98 Å². The van der Waals surface area contributed by atoms with E-state index in [1.54, 1.807) is 13.3 Å². The molecule has 0 aliphatic carbocycles. The van der Waals surface area contributed by atoms with Gasteiger partial charge in [-0.1, -0.05) is 12.1 Å². The molecule has 0 aliphatic rings. The molecule has 0 aliphatic heterocycles. The second-order valence-corrected chi connectivity index (χ2v) is 6.09. The van der Waals surface area contributed by atoms with Gasteiger partial charge in [0, 0.05) is 22.4 Å². The van der Waals surface area contributed by atoms with Crippen LogP contribution >= 0.6 is 15.9 Å². The molecule has 1 heterocycles. The van der Waals surface area contributed by atoms with Crippen molar-refractivity contribution in [2.24, 2.45) is 0 Å². The lowest BCUT2D eigenvalue weighted by Gasteiger charge is -2.10. The van der Waals surface area contributed by atoms with Crippen LogP contribution in [0.15, 0.2) is 59.2 Å². The number of ether oxygens (including phenoxy) is 1. The maximum Gasteiger partial charge on any atom is 0.229 e. The average Bonchev–Trinajstić information content (AvgIpc) is 2.58. The molecule has 0 saturated heterocycles. The van der Waals surface area contributed by atoms with Gasteiger partial charge in [0.15, 0.2) is 0 Å². The number of nitrogens with zero attached hydrogens (tertiary/aromatic N) is 2. The van der Waals surface area contributed by atoms with E-state index >= 15 is 0 Å². The third-order valence-corrected chi connectivity index (χ3v) is 4.02. The van der Waals surface area contributed by atoms with Crippen molar-refractivity contribution in [1.29, 1.82) is 0 Å². The first kappa shape index (κ1) is 16.3. The summed E-state index contributed by atoms with van der Waals surface area (Å²) in [6.45, 7) is 2.05. The SMILES string of the molecule is COc1cccc(Nc2ccnc(Nc3ccc(C)cc3Br)n2)c1. The van der Waals surface area contributed by atoms with Crippen molar-refractivity contribution in [3.8, 4) is 5.75 Å². The molecule has 0 spiro atoms. The van der Waals surface area contributed by atoms with Crippen LogP contribution in [0.1, 0.15) is 5.56 Å². The number of benzene rings is 2. The number of rotatable bonds is 5. The molecule has 0 radical (unpaired) electrons. The summed E-state index contributed by atoms with van der Waals surface area (Å²) in [5.74, 6) is 2.01. The highest BCUT2D eigenvalue weighted by molar-refractivity contribution is 9.10. The number of aromatic nitrogens is 2. The van der Waals surface area contributed by atoms with E-state index in [1.165, 1.54) is 5.56 Å². The molecular formula is C18H17BrN4O. The predicted octanol–water partition coefficient (Wildman–Crippen LogP) is 5.04. The van der Waals surface area contributed by atoms with E-state index in [0.29, 0.717) is 11.8 Å². The maximum atomic E-state index is 5.23. The molecule has 3 aromatic rings. The van der Waals surface area contributed by atoms with Gasteiger partial charge in [-0.15, -0.1) is 0 Å². The summed E-state index contributed by atoms with van der Waals surface area (Å²) in [6, 6.07) is 15.6. The average molecular weight is 385 g/mol. The number of nitrogens with one attached hydrogen (secondary N) is 2. The highest BCUT2D eigenvalue weighted by atomic mass is 79.9. The Bertz CT molecular complexity index is 854. The Kier molecular flexibility index (Phi) is 4.96. The largest absolute Gasteiger partial charge is 0.497 e. The van der Waals surface area contributed by atoms with Crippen LogP contribution in [0.25, 0.3) is 0 Å². The zero-order valence-electron chi connectivity index (χ0n) is 13.4. The predicted molar refractivity (Wildman–Crippen MR) is 100 cm³/mol. The van der Waals surface area contributed by atoms with E-state index in [1.807, 2.05) is 55.5 Å². The van der Waals surface area contributed by atoms with Gasteiger partial charge in [-0.05, 0) is 58.7 Å². The molecule has 0 amide bonds. The van der Waals surface area contributed by atoms with Crippen LogP contribution in [-0.4, -0.2) is 17.1 Å². The summed E-state index contributed by atoms with van der Waals surface area (Å²) in [7, 11) is 1.64. The summed E-state index contributed by atoms with van der Waals surface area (Å²) in [4.78, 5) is 8.75. The number of halogens is 1. The zero-order chi connectivity index (χ0) is 16.9. The third-order valence-electron chi connectivity index (χ3n) is 3.37. The van der Waals surface area contributed by atoms with Crippen LogP contribution in [0.3, 0.4) is 0 Å². The molecule has 3 rings (SSSR count). The first-order valence-electron chi connectivity index (χ1n) is 7.41. The Morgan fingerprint density at radius 2 is 1.92 bits per heavy atom. The molecule has 2 aromatic carbocycles. The summed E-state index contributed by atoms with van der Waals surface area (Å²) in [6.07, 6.45) is 1.71. The first-order chi connectivity index (χ1) is 11.6. The standard InChI is InChI=1S/C18H17BrN4O/c1-12-6-7-16(15(19)10-12)22-18-20-9-8-17(23-18)21-13-4-3-5-14(11-13)24-2/h3-11H,1-2H3,(H2,20,21,22,23). The van der Waals surface area contributed by atoms with Crippen molar-refractivity contribution in [2.45, 2.75) is 6.92 Å². The topological polar surface area (TPSA) is 59.1 Å². The molecule has 2 N–H and O–H groups in total. The molecule has 0 saturated carbocycles. The minimum absolute atomic E-state index is 0.521. The van der Waals surface area contributed by atoms with Gasteiger partial charge in [0.1, 0.15) is 11.6 Å². The second kappa shape index (κ2) is 7.31. The van der Waals surface area contributed by atoms with Crippen molar-refractivity contribution in [3.05, 3.63) is 64.8 Å². The van der Waals surface area contributed by atoms with Gasteiger partial charge >= 0.3 is 0 Å². The van der Waals surface area contributed by atoms with Crippen molar-refractivity contribution >= 4 is 39.1 Å². The fourth-order valence-corrected chi connectivity index (χ4v) is 2.77. The number of aryl methyl sites for hydroxylation is 1.